The second-order valence-electron chi connectivity index (χ2n) is 6.80. The van der Waals surface area contributed by atoms with Crippen molar-refractivity contribution in [2.75, 3.05) is 0 Å². The average Bonchev–Trinajstić information content (AvgIpc) is 2.51. The molecule has 3 atom stereocenters. The number of benzene rings is 1. The lowest BCUT2D eigenvalue weighted by Crippen LogP contribution is -2.44. The van der Waals surface area contributed by atoms with Crippen molar-refractivity contribution in [3.63, 3.8) is 0 Å². The summed E-state index contributed by atoms with van der Waals surface area (Å²) in [5, 5.41) is 0. The molecule has 3 rings (SSSR count). The van der Waals surface area contributed by atoms with E-state index in [-0.39, 0.29) is 6.04 Å². The van der Waals surface area contributed by atoms with Crippen molar-refractivity contribution >= 4 is 16.1 Å². The van der Waals surface area contributed by atoms with Crippen LogP contribution < -0.4 is 4.72 Å². The third-order valence-corrected chi connectivity index (χ3v) is 7.00. The molecule has 0 bridgehead atoms. The molecule has 1 fully saturated rings. The Balaban J connectivity index is 1.81. The van der Waals surface area contributed by atoms with Gasteiger partial charge in [0.2, 0.25) is 10.0 Å². The number of fused-ring (bicyclic) bond motifs is 1. The first-order valence-corrected chi connectivity index (χ1v) is 9.76. The Morgan fingerprint density at radius 2 is 1.86 bits per heavy atom. The average molecular weight is 319 g/mol. The van der Waals surface area contributed by atoms with Gasteiger partial charge in [-0.2, -0.15) is 0 Å². The van der Waals surface area contributed by atoms with E-state index in [2.05, 4.69) is 24.6 Å². The summed E-state index contributed by atoms with van der Waals surface area (Å²) in [4.78, 5) is 0.539. The molecular weight excluding hydrogens is 294 g/mol. The SMILES string of the molecule is C[C@@H]1[C@H](C)CCC[C@H]1NS(=O)(=O)C1=Cc2ccccc2CC1. The largest absolute Gasteiger partial charge is 0.236 e. The van der Waals surface area contributed by atoms with Gasteiger partial charge in [0.1, 0.15) is 0 Å². The summed E-state index contributed by atoms with van der Waals surface area (Å²) < 4.78 is 28.5. The lowest BCUT2D eigenvalue weighted by molar-refractivity contribution is 0.227. The summed E-state index contributed by atoms with van der Waals surface area (Å²) in [5.41, 5.74) is 2.28. The number of hydrogen-bond donors (Lipinski definition) is 1. The van der Waals surface area contributed by atoms with Crippen molar-refractivity contribution in [2.45, 2.75) is 52.0 Å². The van der Waals surface area contributed by atoms with Gasteiger partial charge >= 0.3 is 0 Å². The van der Waals surface area contributed by atoms with E-state index >= 15 is 0 Å². The number of nitrogens with one attached hydrogen (secondary N) is 1. The predicted molar refractivity (Wildman–Crippen MR) is 90.8 cm³/mol. The minimum atomic E-state index is -3.37. The Labute approximate surface area is 133 Å². The van der Waals surface area contributed by atoms with Crippen molar-refractivity contribution in [3.05, 3.63) is 40.3 Å². The van der Waals surface area contributed by atoms with Gasteiger partial charge in [0, 0.05) is 6.04 Å². The molecule has 0 amide bonds. The molecule has 2 aliphatic rings. The van der Waals surface area contributed by atoms with E-state index in [9.17, 15) is 8.42 Å². The van der Waals surface area contributed by atoms with Crippen LogP contribution in [0.25, 0.3) is 6.08 Å². The Kier molecular flexibility index (Phi) is 4.42. The first-order valence-electron chi connectivity index (χ1n) is 8.28. The fourth-order valence-electron chi connectivity index (χ4n) is 3.64. The molecule has 1 N–H and O–H groups in total. The van der Waals surface area contributed by atoms with Gasteiger partial charge < -0.3 is 0 Å². The first kappa shape index (κ1) is 15.8. The molecule has 2 aliphatic carbocycles. The number of hydrogen-bond acceptors (Lipinski definition) is 2. The molecule has 120 valence electrons. The van der Waals surface area contributed by atoms with E-state index < -0.39 is 10.0 Å². The van der Waals surface area contributed by atoms with Crippen molar-refractivity contribution in [1.82, 2.24) is 4.72 Å². The molecule has 0 heterocycles. The van der Waals surface area contributed by atoms with Gasteiger partial charge in [-0.3, -0.25) is 0 Å². The van der Waals surface area contributed by atoms with Gasteiger partial charge in [-0.15, -0.1) is 0 Å². The van der Waals surface area contributed by atoms with Crippen LogP contribution in [0.3, 0.4) is 0 Å². The molecule has 0 aromatic heterocycles. The molecule has 22 heavy (non-hydrogen) atoms. The number of aryl methyl sites for hydroxylation is 1. The standard InChI is InChI=1S/C18H25NO2S/c1-13-6-5-9-18(14(13)2)19-22(20,21)17-11-10-15-7-3-4-8-16(15)12-17/h3-4,7-8,12-14,18-19H,5-6,9-11H2,1-2H3/t13-,14-,18-/m1/s1. The van der Waals surface area contributed by atoms with Crippen molar-refractivity contribution in [2.24, 2.45) is 11.8 Å². The third kappa shape index (κ3) is 3.13. The highest BCUT2D eigenvalue weighted by Gasteiger charge is 2.32. The zero-order valence-electron chi connectivity index (χ0n) is 13.4. The van der Waals surface area contributed by atoms with E-state index in [1.165, 1.54) is 12.0 Å². The summed E-state index contributed by atoms with van der Waals surface area (Å²) >= 11 is 0. The smallest absolute Gasteiger partial charge is 0.208 e. The molecule has 0 aliphatic heterocycles. The second-order valence-corrected chi connectivity index (χ2v) is 8.57. The van der Waals surface area contributed by atoms with Crippen LogP contribution in [0, 0.1) is 11.8 Å². The first-order chi connectivity index (χ1) is 10.5. The van der Waals surface area contributed by atoms with Crippen LogP contribution in [-0.4, -0.2) is 14.5 Å². The minimum absolute atomic E-state index is 0.0758. The van der Waals surface area contributed by atoms with Gasteiger partial charge in [0.25, 0.3) is 0 Å². The summed E-state index contributed by atoms with van der Waals surface area (Å²) in [6, 6.07) is 8.12. The fourth-order valence-corrected chi connectivity index (χ4v) is 5.18. The molecule has 1 aromatic carbocycles. The molecular formula is C18H25NO2S. The van der Waals surface area contributed by atoms with Crippen LogP contribution >= 0.6 is 0 Å². The topological polar surface area (TPSA) is 46.2 Å². The summed E-state index contributed by atoms with van der Waals surface area (Å²) in [5.74, 6) is 0.988. The number of allylic oxidation sites excluding steroid dienone is 1. The molecule has 4 heteroatoms. The molecule has 1 saturated carbocycles. The van der Waals surface area contributed by atoms with Gasteiger partial charge in [-0.1, -0.05) is 51.0 Å². The van der Waals surface area contributed by atoms with Gasteiger partial charge in [0.05, 0.1) is 4.91 Å². The third-order valence-electron chi connectivity index (χ3n) is 5.37. The lowest BCUT2D eigenvalue weighted by atomic mass is 9.78. The monoisotopic (exact) mass is 319 g/mol. The quantitative estimate of drug-likeness (QED) is 0.923. The fraction of sp³-hybridized carbons (Fsp3) is 0.556. The highest BCUT2D eigenvalue weighted by Crippen LogP contribution is 2.32. The van der Waals surface area contributed by atoms with Crippen LogP contribution in [0.5, 0.6) is 0 Å². The van der Waals surface area contributed by atoms with Crippen LogP contribution in [-0.2, 0) is 16.4 Å². The summed E-state index contributed by atoms with van der Waals surface area (Å²) in [6.45, 7) is 4.39. The highest BCUT2D eigenvalue weighted by molar-refractivity contribution is 7.93. The number of sulfonamides is 1. The van der Waals surface area contributed by atoms with E-state index in [0.29, 0.717) is 23.2 Å². The van der Waals surface area contributed by atoms with Crippen molar-refractivity contribution in [1.29, 1.82) is 0 Å². The highest BCUT2D eigenvalue weighted by atomic mass is 32.2. The predicted octanol–water partition coefficient (Wildman–Crippen LogP) is 3.72. The molecule has 0 unspecified atom stereocenters. The van der Waals surface area contributed by atoms with E-state index in [4.69, 9.17) is 0 Å². The zero-order chi connectivity index (χ0) is 15.7. The van der Waals surface area contributed by atoms with E-state index in [1.54, 1.807) is 0 Å². The van der Waals surface area contributed by atoms with Crippen molar-refractivity contribution < 1.29 is 8.42 Å². The molecule has 3 nitrogen and oxygen atoms in total. The van der Waals surface area contributed by atoms with Crippen LogP contribution in [0.15, 0.2) is 29.2 Å². The molecule has 0 saturated heterocycles. The summed E-state index contributed by atoms with van der Waals surface area (Å²) in [7, 11) is -3.37. The maximum Gasteiger partial charge on any atom is 0.236 e. The molecule has 0 spiro atoms. The molecule has 1 aromatic rings. The van der Waals surface area contributed by atoms with Crippen LogP contribution in [0.1, 0.15) is 50.7 Å². The van der Waals surface area contributed by atoms with Gasteiger partial charge in [-0.05, 0) is 48.3 Å². The van der Waals surface area contributed by atoms with Gasteiger partial charge in [0.15, 0.2) is 0 Å². The Morgan fingerprint density at radius 3 is 2.68 bits per heavy atom. The van der Waals surface area contributed by atoms with Crippen LogP contribution in [0.2, 0.25) is 0 Å². The van der Waals surface area contributed by atoms with E-state index in [0.717, 1.165) is 24.8 Å². The minimum Gasteiger partial charge on any atom is -0.208 e. The van der Waals surface area contributed by atoms with E-state index in [1.807, 2.05) is 24.3 Å². The Hall–Kier alpha value is -1.13. The van der Waals surface area contributed by atoms with Crippen LogP contribution in [0.4, 0.5) is 0 Å². The maximum atomic E-state index is 12.7. The van der Waals surface area contributed by atoms with Crippen molar-refractivity contribution in [3.8, 4) is 0 Å². The maximum absolute atomic E-state index is 12.7. The summed E-state index contributed by atoms with van der Waals surface area (Å²) in [6.07, 6.45) is 6.52. The normalized spacial score (nSPS) is 28.8. The zero-order valence-corrected chi connectivity index (χ0v) is 14.2. The number of rotatable bonds is 3. The van der Waals surface area contributed by atoms with Gasteiger partial charge in [-0.25, -0.2) is 13.1 Å². The lowest BCUT2D eigenvalue weighted by Gasteiger charge is -2.34. The second kappa shape index (κ2) is 6.17. The Morgan fingerprint density at radius 1 is 1.09 bits per heavy atom. The Bertz CT molecular complexity index is 678. The molecule has 0 radical (unpaired) electrons.